The van der Waals surface area contributed by atoms with Gasteiger partial charge in [0.2, 0.25) is 0 Å². The monoisotopic (exact) mass is 302 g/mol. The van der Waals surface area contributed by atoms with E-state index < -0.39 is 0 Å². The van der Waals surface area contributed by atoms with E-state index in [1.165, 1.54) is 51.4 Å². The van der Waals surface area contributed by atoms with Gasteiger partial charge in [-0.1, -0.05) is 54.9 Å². The first kappa shape index (κ1) is 19.3. The van der Waals surface area contributed by atoms with Gasteiger partial charge in [-0.25, -0.2) is 0 Å². The zero-order valence-electron chi connectivity index (χ0n) is 16.2. The van der Waals surface area contributed by atoms with Gasteiger partial charge in [0.15, 0.2) is 0 Å². The molecule has 0 fully saturated rings. The van der Waals surface area contributed by atoms with Crippen LogP contribution in [0.15, 0.2) is 0 Å². The maximum atomic E-state index is 2.37. The maximum Gasteiger partial charge on any atom is -0.0250 e. The molecule has 0 atom stereocenters. The molecule has 0 nitrogen and oxygen atoms in total. The van der Waals surface area contributed by atoms with Gasteiger partial charge in [-0.15, -0.1) is 0 Å². The van der Waals surface area contributed by atoms with Crippen LogP contribution in [0.2, 0.25) is 0 Å². The van der Waals surface area contributed by atoms with Crippen molar-refractivity contribution < 1.29 is 0 Å². The lowest BCUT2D eigenvalue weighted by molar-refractivity contribution is 0.634. The van der Waals surface area contributed by atoms with Gasteiger partial charge in [0, 0.05) is 0 Å². The van der Waals surface area contributed by atoms with Crippen molar-refractivity contribution >= 4 is 0 Å². The maximum absolute atomic E-state index is 2.37. The average molecular weight is 303 g/mol. The van der Waals surface area contributed by atoms with E-state index in [4.69, 9.17) is 0 Å². The van der Waals surface area contributed by atoms with Crippen LogP contribution in [0.1, 0.15) is 94.7 Å². The molecule has 1 aromatic rings. The Balaban J connectivity index is 3.64. The summed E-state index contributed by atoms with van der Waals surface area (Å²) in [6.45, 7) is 16.5. The highest BCUT2D eigenvalue weighted by Gasteiger charge is 2.20. The molecule has 22 heavy (non-hydrogen) atoms. The standard InChI is InChI=1S/C22H38/c1-8-13-14-21-18(10-3)17(9-2)19(11-4)22(15-16(6)7)20(21)12-5/h16H,8-15H2,1-7H3. The van der Waals surface area contributed by atoms with Gasteiger partial charge in [0.25, 0.3) is 0 Å². The summed E-state index contributed by atoms with van der Waals surface area (Å²) in [5, 5.41) is 0. The van der Waals surface area contributed by atoms with E-state index in [0.717, 1.165) is 5.92 Å². The lowest BCUT2D eigenvalue weighted by Gasteiger charge is -2.26. The number of hydrogen-bond acceptors (Lipinski definition) is 0. The van der Waals surface area contributed by atoms with Gasteiger partial charge in [-0.05, 0) is 84.2 Å². The fraction of sp³-hybridized carbons (Fsp3) is 0.727. The van der Waals surface area contributed by atoms with Crippen LogP contribution >= 0.6 is 0 Å². The Labute approximate surface area is 139 Å². The number of unbranched alkanes of at least 4 members (excludes halogenated alkanes) is 1. The Hall–Kier alpha value is -0.780. The molecule has 0 saturated carbocycles. The SMILES string of the molecule is CCCCc1c(CC)c(CC)c(CC)c(CC(C)C)c1CC. The van der Waals surface area contributed by atoms with Crippen LogP contribution in [0, 0.1) is 5.92 Å². The molecule has 0 saturated heterocycles. The Morgan fingerprint density at radius 1 is 0.591 bits per heavy atom. The molecule has 0 heteroatoms. The smallest absolute Gasteiger partial charge is 0.0250 e. The molecule has 126 valence electrons. The average Bonchev–Trinajstić information content (AvgIpc) is 2.51. The molecule has 0 aromatic heterocycles. The molecule has 0 unspecified atom stereocenters. The fourth-order valence-electron chi connectivity index (χ4n) is 4.11. The summed E-state index contributed by atoms with van der Waals surface area (Å²) < 4.78 is 0. The Morgan fingerprint density at radius 2 is 1.00 bits per heavy atom. The highest BCUT2D eigenvalue weighted by atomic mass is 14.2. The van der Waals surface area contributed by atoms with Crippen molar-refractivity contribution in [3.63, 3.8) is 0 Å². The fourth-order valence-corrected chi connectivity index (χ4v) is 4.11. The summed E-state index contributed by atoms with van der Waals surface area (Å²) in [5.41, 5.74) is 10.2. The summed E-state index contributed by atoms with van der Waals surface area (Å²) >= 11 is 0. The van der Waals surface area contributed by atoms with E-state index >= 15 is 0 Å². The van der Waals surface area contributed by atoms with Crippen molar-refractivity contribution in [1.29, 1.82) is 0 Å². The lowest BCUT2D eigenvalue weighted by Crippen LogP contribution is -2.14. The molecule has 1 aromatic carbocycles. The molecule has 0 aliphatic rings. The van der Waals surface area contributed by atoms with Crippen molar-refractivity contribution in [2.45, 2.75) is 99.8 Å². The van der Waals surface area contributed by atoms with Crippen molar-refractivity contribution in [2.75, 3.05) is 0 Å². The third-order valence-corrected chi connectivity index (χ3v) is 4.99. The van der Waals surface area contributed by atoms with Gasteiger partial charge in [0.1, 0.15) is 0 Å². The summed E-state index contributed by atoms with van der Waals surface area (Å²) in [7, 11) is 0. The Morgan fingerprint density at radius 3 is 1.41 bits per heavy atom. The molecular formula is C22H38. The first-order valence-corrected chi connectivity index (χ1v) is 9.72. The minimum Gasteiger partial charge on any atom is -0.0654 e. The predicted molar refractivity (Wildman–Crippen MR) is 101 cm³/mol. The number of benzene rings is 1. The summed E-state index contributed by atoms with van der Waals surface area (Å²) in [5.74, 6) is 0.742. The second-order valence-electron chi connectivity index (χ2n) is 6.99. The van der Waals surface area contributed by atoms with Crippen molar-refractivity contribution in [2.24, 2.45) is 5.92 Å². The second kappa shape index (κ2) is 9.38. The topological polar surface area (TPSA) is 0 Å². The van der Waals surface area contributed by atoms with E-state index in [0.29, 0.717) is 0 Å². The van der Waals surface area contributed by atoms with Crippen LogP contribution < -0.4 is 0 Å². The van der Waals surface area contributed by atoms with E-state index in [1.54, 1.807) is 33.4 Å². The van der Waals surface area contributed by atoms with Gasteiger partial charge >= 0.3 is 0 Å². The van der Waals surface area contributed by atoms with E-state index in [2.05, 4.69) is 48.5 Å². The van der Waals surface area contributed by atoms with Crippen molar-refractivity contribution in [3.8, 4) is 0 Å². The second-order valence-corrected chi connectivity index (χ2v) is 6.99. The zero-order chi connectivity index (χ0) is 16.7. The molecule has 0 heterocycles. The van der Waals surface area contributed by atoms with Crippen LogP contribution in [0.25, 0.3) is 0 Å². The normalized spacial score (nSPS) is 11.5. The van der Waals surface area contributed by atoms with Crippen LogP contribution in [0.4, 0.5) is 0 Å². The Kier molecular flexibility index (Phi) is 8.21. The predicted octanol–water partition coefficient (Wildman–Crippen LogP) is 6.48. The quantitative estimate of drug-likeness (QED) is 0.490. The van der Waals surface area contributed by atoms with Crippen LogP contribution in [-0.4, -0.2) is 0 Å². The zero-order valence-corrected chi connectivity index (χ0v) is 16.2. The minimum absolute atomic E-state index is 0.742. The van der Waals surface area contributed by atoms with Gasteiger partial charge in [0.05, 0.1) is 0 Å². The summed E-state index contributed by atoms with van der Waals surface area (Å²) in [6.07, 6.45) is 9.95. The molecule has 0 N–H and O–H groups in total. The van der Waals surface area contributed by atoms with Gasteiger partial charge in [-0.3, -0.25) is 0 Å². The number of hydrogen-bond donors (Lipinski definition) is 0. The number of rotatable bonds is 9. The molecule has 0 bridgehead atoms. The van der Waals surface area contributed by atoms with Crippen molar-refractivity contribution in [1.82, 2.24) is 0 Å². The lowest BCUT2D eigenvalue weighted by atomic mass is 9.79. The van der Waals surface area contributed by atoms with Crippen molar-refractivity contribution in [3.05, 3.63) is 33.4 Å². The van der Waals surface area contributed by atoms with Crippen LogP contribution in [0.5, 0.6) is 0 Å². The van der Waals surface area contributed by atoms with E-state index in [1.807, 2.05) is 0 Å². The first-order chi connectivity index (χ1) is 10.5. The third-order valence-electron chi connectivity index (χ3n) is 4.99. The van der Waals surface area contributed by atoms with Gasteiger partial charge in [-0.2, -0.15) is 0 Å². The largest absolute Gasteiger partial charge is 0.0654 e. The molecule has 0 aliphatic heterocycles. The summed E-state index contributed by atoms with van der Waals surface area (Å²) in [4.78, 5) is 0. The molecule has 0 aliphatic carbocycles. The summed E-state index contributed by atoms with van der Waals surface area (Å²) in [6, 6.07) is 0. The van der Waals surface area contributed by atoms with E-state index in [9.17, 15) is 0 Å². The first-order valence-electron chi connectivity index (χ1n) is 9.72. The van der Waals surface area contributed by atoms with Crippen LogP contribution in [0.3, 0.4) is 0 Å². The van der Waals surface area contributed by atoms with E-state index in [-0.39, 0.29) is 0 Å². The third kappa shape index (κ3) is 4.15. The highest BCUT2D eigenvalue weighted by molar-refractivity contribution is 5.52. The molecular weight excluding hydrogens is 264 g/mol. The molecule has 0 radical (unpaired) electrons. The van der Waals surface area contributed by atoms with Crippen LogP contribution in [-0.2, 0) is 38.5 Å². The molecule has 0 spiro atoms. The molecule has 0 amide bonds. The van der Waals surface area contributed by atoms with Gasteiger partial charge < -0.3 is 0 Å². The highest BCUT2D eigenvalue weighted by Crippen LogP contribution is 2.33. The minimum atomic E-state index is 0.742. The Bertz CT molecular complexity index is 466. The molecule has 1 rings (SSSR count).